The van der Waals surface area contributed by atoms with Gasteiger partial charge in [-0.05, 0) is 79.2 Å². The molecule has 0 saturated heterocycles. The predicted molar refractivity (Wildman–Crippen MR) is 211 cm³/mol. The topological polar surface area (TPSA) is 128 Å². The standard InChI is InChI=1S/C41H36N4O6S2/c1-4-51-31-20-21-33-36(25-31)53-41(44-33)45-40(48)37(26-12-7-5-8-13-26)52-32-17-11-16-29(23-32)42-39(47)34(43-38(46)27-14-9-6-10-15-27)22-28-18-19-30(49-2)24-35(28)50-3/h5-25,37H,4H2,1-3H3,(H,42,47)(H,43,46)(H,44,45,48)/b34-22+. The molecule has 0 bridgehead atoms. The molecule has 0 spiro atoms. The van der Waals surface area contributed by atoms with Crippen molar-refractivity contribution in [3.05, 3.63) is 144 Å². The number of hydrogen-bond donors (Lipinski definition) is 3. The number of aromatic nitrogens is 1. The van der Waals surface area contributed by atoms with Crippen molar-refractivity contribution < 1.29 is 28.6 Å². The Bertz CT molecular complexity index is 2260. The van der Waals surface area contributed by atoms with Gasteiger partial charge in [-0.2, -0.15) is 0 Å². The summed E-state index contributed by atoms with van der Waals surface area (Å²) in [5.74, 6) is 0.507. The highest BCUT2D eigenvalue weighted by Gasteiger charge is 2.24. The number of carbonyl (C=O) groups excluding carboxylic acids is 3. The van der Waals surface area contributed by atoms with Crippen LogP contribution in [0.25, 0.3) is 16.3 Å². The lowest BCUT2D eigenvalue weighted by Gasteiger charge is -2.17. The molecular formula is C41H36N4O6S2. The van der Waals surface area contributed by atoms with E-state index in [2.05, 4.69) is 20.9 Å². The van der Waals surface area contributed by atoms with Crippen molar-refractivity contribution >= 4 is 67.9 Å². The second-order valence-electron chi connectivity index (χ2n) is 11.4. The molecule has 3 N–H and O–H groups in total. The number of fused-ring (bicyclic) bond motifs is 1. The fourth-order valence-corrected chi connectivity index (χ4v) is 7.28. The molecule has 0 saturated carbocycles. The van der Waals surface area contributed by atoms with Crippen molar-refractivity contribution in [1.82, 2.24) is 10.3 Å². The molecule has 5 aromatic carbocycles. The molecule has 12 heteroatoms. The van der Waals surface area contributed by atoms with Gasteiger partial charge < -0.3 is 30.2 Å². The van der Waals surface area contributed by atoms with E-state index in [1.807, 2.05) is 61.5 Å². The number of ether oxygens (including phenoxy) is 3. The van der Waals surface area contributed by atoms with Gasteiger partial charge in [-0.3, -0.25) is 14.4 Å². The number of hydrogen-bond acceptors (Lipinski definition) is 9. The van der Waals surface area contributed by atoms with E-state index in [9.17, 15) is 14.4 Å². The van der Waals surface area contributed by atoms with Crippen LogP contribution in [0, 0.1) is 0 Å². The first-order chi connectivity index (χ1) is 25.8. The minimum Gasteiger partial charge on any atom is -0.497 e. The van der Waals surface area contributed by atoms with Gasteiger partial charge in [0.1, 0.15) is 28.2 Å². The third-order valence-electron chi connectivity index (χ3n) is 7.86. The van der Waals surface area contributed by atoms with Gasteiger partial charge >= 0.3 is 0 Å². The number of thioether (sulfide) groups is 1. The van der Waals surface area contributed by atoms with Gasteiger partial charge in [0.05, 0.1) is 31.0 Å². The lowest BCUT2D eigenvalue weighted by molar-refractivity contribution is -0.116. The summed E-state index contributed by atoms with van der Waals surface area (Å²) in [5.41, 5.74) is 2.95. The maximum absolute atomic E-state index is 13.9. The highest BCUT2D eigenvalue weighted by molar-refractivity contribution is 8.00. The zero-order valence-electron chi connectivity index (χ0n) is 29.1. The van der Waals surface area contributed by atoms with Gasteiger partial charge in [-0.15, -0.1) is 11.8 Å². The van der Waals surface area contributed by atoms with Crippen LogP contribution in [0.5, 0.6) is 17.2 Å². The van der Waals surface area contributed by atoms with Crippen molar-refractivity contribution in [1.29, 1.82) is 0 Å². The van der Waals surface area contributed by atoms with Crippen LogP contribution in [-0.2, 0) is 9.59 Å². The van der Waals surface area contributed by atoms with Gasteiger partial charge in [0.25, 0.3) is 11.8 Å². The summed E-state index contributed by atoms with van der Waals surface area (Å²) in [6, 6.07) is 36.1. The van der Waals surface area contributed by atoms with E-state index in [0.717, 1.165) is 26.4 Å². The number of methoxy groups -OCH3 is 2. The van der Waals surface area contributed by atoms with E-state index < -0.39 is 17.1 Å². The Balaban J connectivity index is 1.24. The zero-order chi connectivity index (χ0) is 37.2. The lowest BCUT2D eigenvalue weighted by atomic mass is 10.1. The number of benzene rings is 5. The molecule has 1 atom stereocenters. The number of carbonyl (C=O) groups is 3. The molecule has 10 nitrogen and oxygen atoms in total. The first kappa shape index (κ1) is 36.7. The Labute approximate surface area is 315 Å². The monoisotopic (exact) mass is 744 g/mol. The molecule has 3 amide bonds. The third-order valence-corrected chi connectivity index (χ3v) is 10.0. The van der Waals surface area contributed by atoms with Crippen molar-refractivity contribution in [3.8, 4) is 17.2 Å². The molecule has 0 radical (unpaired) electrons. The maximum Gasteiger partial charge on any atom is 0.272 e. The van der Waals surface area contributed by atoms with Crippen molar-refractivity contribution in [2.45, 2.75) is 17.1 Å². The molecule has 1 unspecified atom stereocenters. The average Bonchev–Trinajstić information content (AvgIpc) is 3.59. The number of amides is 3. The highest BCUT2D eigenvalue weighted by Crippen LogP contribution is 2.38. The third kappa shape index (κ3) is 9.42. The van der Waals surface area contributed by atoms with Gasteiger partial charge in [0.2, 0.25) is 5.91 Å². The molecule has 53 heavy (non-hydrogen) atoms. The van der Waals surface area contributed by atoms with Gasteiger partial charge in [0.15, 0.2) is 5.13 Å². The van der Waals surface area contributed by atoms with Crippen molar-refractivity contribution in [2.24, 2.45) is 0 Å². The number of nitrogens with one attached hydrogen (secondary N) is 3. The average molecular weight is 745 g/mol. The molecule has 6 rings (SSSR count). The molecule has 6 aromatic rings. The van der Waals surface area contributed by atoms with Crippen LogP contribution in [0.15, 0.2) is 132 Å². The number of anilines is 2. The summed E-state index contributed by atoms with van der Waals surface area (Å²) >= 11 is 2.71. The van der Waals surface area contributed by atoms with Crippen LogP contribution in [-0.4, -0.2) is 43.5 Å². The Morgan fingerprint density at radius 3 is 2.30 bits per heavy atom. The maximum atomic E-state index is 13.9. The van der Waals surface area contributed by atoms with Crippen LogP contribution in [0.1, 0.15) is 33.7 Å². The van der Waals surface area contributed by atoms with Crippen LogP contribution >= 0.6 is 23.1 Å². The first-order valence-electron chi connectivity index (χ1n) is 16.6. The van der Waals surface area contributed by atoms with Crippen molar-refractivity contribution in [2.75, 3.05) is 31.5 Å². The Morgan fingerprint density at radius 1 is 0.811 bits per heavy atom. The summed E-state index contributed by atoms with van der Waals surface area (Å²) in [7, 11) is 3.06. The quantitative estimate of drug-likeness (QED) is 0.0748. The molecule has 268 valence electrons. The second-order valence-corrected chi connectivity index (χ2v) is 13.7. The predicted octanol–water partition coefficient (Wildman–Crippen LogP) is 8.59. The first-order valence-corrected chi connectivity index (χ1v) is 18.3. The summed E-state index contributed by atoms with van der Waals surface area (Å²) in [5, 5.41) is 8.51. The van der Waals surface area contributed by atoms with Crippen LogP contribution in [0.2, 0.25) is 0 Å². The summed E-state index contributed by atoms with van der Waals surface area (Å²) in [6.07, 6.45) is 1.54. The number of rotatable bonds is 14. The van der Waals surface area contributed by atoms with Crippen LogP contribution in [0.4, 0.5) is 10.8 Å². The van der Waals surface area contributed by atoms with E-state index in [1.54, 1.807) is 79.9 Å². The van der Waals surface area contributed by atoms with E-state index in [4.69, 9.17) is 14.2 Å². The smallest absolute Gasteiger partial charge is 0.272 e. The minimum absolute atomic E-state index is 0.00821. The van der Waals surface area contributed by atoms with E-state index in [-0.39, 0.29) is 11.6 Å². The Morgan fingerprint density at radius 2 is 1.57 bits per heavy atom. The highest BCUT2D eigenvalue weighted by atomic mass is 32.2. The van der Waals surface area contributed by atoms with Gasteiger partial charge in [-0.25, -0.2) is 4.98 Å². The largest absolute Gasteiger partial charge is 0.497 e. The normalized spacial score (nSPS) is 11.7. The molecule has 0 fully saturated rings. The summed E-state index contributed by atoms with van der Waals surface area (Å²) < 4.78 is 17.4. The number of thiazole rings is 1. The molecular weight excluding hydrogens is 709 g/mol. The van der Waals surface area contributed by atoms with E-state index in [0.29, 0.717) is 40.1 Å². The zero-order valence-corrected chi connectivity index (χ0v) is 30.8. The minimum atomic E-state index is -0.642. The lowest BCUT2D eigenvalue weighted by Crippen LogP contribution is -2.30. The fraction of sp³-hybridized carbons (Fsp3) is 0.122. The Hall–Kier alpha value is -6.11. The number of nitrogens with zero attached hydrogens (tertiary/aromatic N) is 1. The van der Waals surface area contributed by atoms with Crippen LogP contribution < -0.4 is 30.2 Å². The molecule has 1 aromatic heterocycles. The second kappa shape index (κ2) is 17.4. The van der Waals surface area contributed by atoms with Crippen LogP contribution in [0.3, 0.4) is 0 Å². The van der Waals surface area contributed by atoms with E-state index in [1.165, 1.54) is 30.2 Å². The Kier molecular flexibility index (Phi) is 12.0. The van der Waals surface area contributed by atoms with Crippen molar-refractivity contribution in [3.63, 3.8) is 0 Å². The molecule has 0 aliphatic rings. The molecule has 1 heterocycles. The SMILES string of the molecule is CCOc1ccc2nc(NC(=O)C(Sc3cccc(NC(=O)/C(=C\c4ccc(OC)cc4OC)NC(=O)c4ccccc4)c3)c3ccccc3)sc2c1. The van der Waals surface area contributed by atoms with E-state index >= 15 is 0 Å². The molecule has 0 aliphatic carbocycles. The molecule has 0 aliphatic heterocycles. The fourth-order valence-electron chi connectivity index (χ4n) is 5.30. The van der Waals surface area contributed by atoms with Gasteiger partial charge in [0, 0.05) is 27.8 Å². The van der Waals surface area contributed by atoms with Gasteiger partial charge in [-0.1, -0.05) is 65.9 Å². The summed E-state index contributed by atoms with van der Waals surface area (Å²) in [6.45, 7) is 2.48. The summed E-state index contributed by atoms with van der Waals surface area (Å²) in [4.78, 5) is 46.3.